The van der Waals surface area contributed by atoms with E-state index >= 15 is 0 Å². The van der Waals surface area contributed by atoms with E-state index in [-0.39, 0.29) is 11.9 Å². The molecule has 21 heavy (non-hydrogen) atoms. The molecule has 1 saturated carbocycles. The summed E-state index contributed by atoms with van der Waals surface area (Å²) in [6.07, 6.45) is 9.86. The van der Waals surface area contributed by atoms with Crippen molar-refractivity contribution in [3.05, 3.63) is 30.2 Å². The first-order valence-electron chi connectivity index (χ1n) is 7.54. The third kappa shape index (κ3) is 2.84. The first-order chi connectivity index (χ1) is 10.1. The Morgan fingerprint density at radius 1 is 1.33 bits per heavy atom. The van der Waals surface area contributed by atoms with Gasteiger partial charge in [0.1, 0.15) is 5.82 Å². The largest absolute Gasteiger partial charge is 0.307 e. The molecule has 1 aliphatic rings. The first kappa shape index (κ1) is 13.9. The monoisotopic (exact) mass is 287 g/mol. The Morgan fingerprint density at radius 3 is 2.76 bits per heavy atom. The van der Waals surface area contributed by atoms with Crippen LogP contribution in [0.1, 0.15) is 62.0 Å². The van der Waals surface area contributed by atoms with E-state index in [1.54, 1.807) is 23.3 Å². The summed E-state index contributed by atoms with van der Waals surface area (Å²) < 4.78 is 3.72. The zero-order chi connectivity index (χ0) is 14.8. The number of hydrogen-bond donors (Lipinski definition) is 1. The lowest BCUT2D eigenvalue weighted by Gasteiger charge is -2.14. The third-order valence-corrected chi connectivity index (χ3v) is 3.98. The van der Waals surface area contributed by atoms with Crippen molar-refractivity contribution in [1.82, 2.24) is 19.6 Å². The molecule has 0 aromatic carbocycles. The fourth-order valence-electron chi connectivity index (χ4n) is 2.78. The van der Waals surface area contributed by atoms with Gasteiger partial charge in [0, 0.05) is 18.3 Å². The molecule has 0 atom stereocenters. The maximum atomic E-state index is 12.3. The molecule has 112 valence electrons. The predicted octanol–water partition coefficient (Wildman–Crippen LogP) is 3.03. The lowest BCUT2D eigenvalue weighted by molar-refractivity contribution is 0.102. The summed E-state index contributed by atoms with van der Waals surface area (Å²) in [5.74, 6) is 0.630. The smallest absolute Gasteiger partial charge is 0.259 e. The predicted molar refractivity (Wildman–Crippen MR) is 80.3 cm³/mol. The summed E-state index contributed by atoms with van der Waals surface area (Å²) in [5, 5.41) is 11.5. The molecule has 0 spiro atoms. The average molecular weight is 287 g/mol. The van der Waals surface area contributed by atoms with Gasteiger partial charge in [-0.15, -0.1) is 0 Å². The van der Waals surface area contributed by atoms with Crippen LogP contribution in [-0.2, 0) is 0 Å². The number of carbonyl (C=O) groups is 1. The second-order valence-corrected chi connectivity index (χ2v) is 5.86. The van der Waals surface area contributed by atoms with E-state index in [0.717, 1.165) is 18.7 Å². The van der Waals surface area contributed by atoms with Crippen LogP contribution in [0.15, 0.2) is 24.7 Å². The summed E-state index contributed by atoms with van der Waals surface area (Å²) in [6, 6.07) is 2.51. The van der Waals surface area contributed by atoms with Crippen LogP contribution >= 0.6 is 0 Å². The number of anilines is 1. The van der Waals surface area contributed by atoms with E-state index in [2.05, 4.69) is 15.5 Å². The van der Waals surface area contributed by atoms with Crippen LogP contribution < -0.4 is 5.32 Å². The van der Waals surface area contributed by atoms with Gasteiger partial charge in [-0.2, -0.15) is 10.2 Å². The molecule has 1 N–H and O–H groups in total. The van der Waals surface area contributed by atoms with E-state index in [9.17, 15) is 4.79 Å². The van der Waals surface area contributed by atoms with Crippen molar-refractivity contribution in [1.29, 1.82) is 0 Å². The second kappa shape index (κ2) is 5.71. The number of amides is 1. The van der Waals surface area contributed by atoms with Crippen LogP contribution in [0, 0.1) is 0 Å². The maximum Gasteiger partial charge on any atom is 0.259 e. The Bertz CT molecular complexity index is 622. The van der Waals surface area contributed by atoms with Crippen molar-refractivity contribution >= 4 is 11.7 Å². The fourth-order valence-corrected chi connectivity index (χ4v) is 2.78. The molecule has 2 aromatic rings. The number of hydrogen-bond acceptors (Lipinski definition) is 3. The van der Waals surface area contributed by atoms with E-state index in [0.29, 0.717) is 11.6 Å². The Labute approximate surface area is 124 Å². The van der Waals surface area contributed by atoms with E-state index in [4.69, 9.17) is 0 Å². The SMILES string of the molecule is CC(C)n1cc(C(=O)Nc2ccnn2C2CCCC2)cn1. The second-order valence-electron chi connectivity index (χ2n) is 5.86. The molecule has 0 radical (unpaired) electrons. The highest BCUT2D eigenvalue weighted by Crippen LogP contribution is 2.31. The van der Waals surface area contributed by atoms with Crippen molar-refractivity contribution in [3.63, 3.8) is 0 Å². The maximum absolute atomic E-state index is 12.3. The van der Waals surface area contributed by atoms with Crippen molar-refractivity contribution in [3.8, 4) is 0 Å². The lowest BCUT2D eigenvalue weighted by Crippen LogP contribution is -2.17. The minimum Gasteiger partial charge on any atom is -0.307 e. The number of aromatic nitrogens is 4. The van der Waals surface area contributed by atoms with Crippen LogP contribution in [0.4, 0.5) is 5.82 Å². The molecule has 0 saturated heterocycles. The van der Waals surface area contributed by atoms with Crippen LogP contribution in [0.2, 0.25) is 0 Å². The van der Waals surface area contributed by atoms with Gasteiger partial charge in [0.2, 0.25) is 0 Å². The van der Waals surface area contributed by atoms with Gasteiger partial charge in [-0.3, -0.25) is 9.48 Å². The molecule has 0 unspecified atom stereocenters. The van der Waals surface area contributed by atoms with Crippen molar-refractivity contribution in [2.75, 3.05) is 5.32 Å². The van der Waals surface area contributed by atoms with Crippen molar-refractivity contribution in [2.24, 2.45) is 0 Å². The molecule has 2 aromatic heterocycles. The van der Waals surface area contributed by atoms with Gasteiger partial charge < -0.3 is 5.32 Å². The zero-order valence-electron chi connectivity index (χ0n) is 12.5. The third-order valence-electron chi connectivity index (χ3n) is 3.98. The van der Waals surface area contributed by atoms with Gasteiger partial charge in [0.25, 0.3) is 5.91 Å². The van der Waals surface area contributed by atoms with Gasteiger partial charge in [-0.25, -0.2) is 4.68 Å². The molecule has 0 aliphatic heterocycles. The molecule has 1 amide bonds. The quantitative estimate of drug-likeness (QED) is 0.940. The summed E-state index contributed by atoms with van der Waals surface area (Å²) in [6.45, 7) is 4.06. The van der Waals surface area contributed by atoms with E-state index in [1.165, 1.54) is 12.8 Å². The highest BCUT2D eigenvalue weighted by atomic mass is 16.1. The zero-order valence-corrected chi connectivity index (χ0v) is 12.5. The Morgan fingerprint density at radius 2 is 2.10 bits per heavy atom. The van der Waals surface area contributed by atoms with Crippen LogP contribution in [0.3, 0.4) is 0 Å². The van der Waals surface area contributed by atoms with E-state index < -0.39 is 0 Å². The number of nitrogens with one attached hydrogen (secondary N) is 1. The summed E-state index contributed by atoms with van der Waals surface area (Å²) in [5.41, 5.74) is 0.572. The molecular weight excluding hydrogens is 266 g/mol. The highest BCUT2D eigenvalue weighted by Gasteiger charge is 2.21. The number of rotatable bonds is 4. The molecule has 6 nitrogen and oxygen atoms in total. The standard InChI is InChI=1S/C15H21N5O/c1-11(2)19-10-12(9-17-19)15(21)18-14-7-8-16-20(14)13-5-3-4-6-13/h7-11,13H,3-6H2,1-2H3,(H,18,21). The molecule has 3 rings (SSSR count). The van der Waals surface area contributed by atoms with Crippen molar-refractivity contribution in [2.45, 2.75) is 51.6 Å². The normalized spacial score (nSPS) is 15.8. The van der Waals surface area contributed by atoms with Gasteiger partial charge in [-0.1, -0.05) is 12.8 Å². The number of carbonyl (C=O) groups excluding carboxylic acids is 1. The summed E-state index contributed by atoms with van der Waals surface area (Å²) >= 11 is 0. The highest BCUT2D eigenvalue weighted by molar-refractivity contribution is 6.03. The topological polar surface area (TPSA) is 64.7 Å². The molecule has 6 heteroatoms. The van der Waals surface area contributed by atoms with Crippen molar-refractivity contribution < 1.29 is 4.79 Å². The van der Waals surface area contributed by atoms with E-state index in [1.807, 2.05) is 24.6 Å². The van der Waals surface area contributed by atoms with Crippen LogP contribution in [0.5, 0.6) is 0 Å². The van der Waals surface area contributed by atoms with Crippen LogP contribution in [-0.4, -0.2) is 25.5 Å². The summed E-state index contributed by atoms with van der Waals surface area (Å²) in [7, 11) is 0. The Hall–Kier alpha value is -2.11. The van der Waals surface area contributed by atoms with Crippen LogP contribution in [0.25, 0.3) is 0 Å². The Balaban J connectivity index is 1.74. The molecule has 1 aliphatic carbocycles. The fraction of sp³-hybridized carbons (Fsp3) is 0.533. The average Bonchev–Trinajstić information content (AvgIpc) is 3.19. The summed E-state index contributed by atoms with van der Waals surface area (Å²) in [4.78, 5) is 12.3. The Kier molecular flexibility index (Phi) is 3.77. The number of nitrogens with zero attached hydrogens (tertiary/aromatic N) is 4. The molecule has 0 bridgehead atoms. The van der Waals surface area contributed by atoms with Gasteiger partial charge in [-0.05, 0) is 26.7 Å². The lowest BCUT2D eigenvalue weighted by atomic mass is 10.2. The first-order valence-corrected chi connectivity index (χ1v) is 7.54. The van der Waals surface area contributed by atoms with Gasteiger partial charge >= 0.3 is 0 Å². The molecule has 2 heterocycles. The van der Waals surface area contributed by atoms with Gasteiger partial charge in [0.15, 0.2) is 0 Å². The minimum absolute atomic E-state index is 0.137. The van der Waals surface area contributed by atoms with Gasteiger partial charge in [0.05, 0.1) is 24.0 Å². The molecule has 1 fully saturated rings. The molecular formula is C15H21N5O. The minimum atomic E-state index is -0.137.